The second-order valence-electron chi connectivity index (χ2n) is 5.05. The minimum Gasteiger partial charge on any atom is -0.369 e. The summed E-state index contributed by atoms with van der Waals surface area (Å²) in [5.41, 5.74) is 5.49. The van der Waals surface area contributed by atoms with Crippen LogP contribution >= 0.6 is 0 Å². The van der Waals surface area contributed by atoms with E-state index in [0.29, 0.717) is 6.54 Å². The van der Waals surface area contributed by atoms with E-state index < -0.39 is 0 Å². The molecule has 1 saturated carbocycles. The number of nitrogens with zero attached hydrogens (tertiary/aromatic N) is 3. The molecule has 3 N–H and O–H groups in total. The van der Waals surface area contributed by atoms with Crippen LogP contribution in [0.25, 0.3) is 0 Å². The fourth-order valence-corrected chi connectivity index (χ4v) is 2.19. The Bertz CT molecular complexity index is 389. The number of hydrogen-bond acceptors (Lipinski definition) is 5. The van der Waals surface area contributed by atoms with Gasteiger partial charge in [-0.05, 0) is 25.7 Å². The molecule has 0 aliphatic heterocycles. The van der Waals surface area contributed by atoms with Crippen molar-refractivity contribution in [3.8, 4) is 0 Å². The normalized spacial score (nSPS) is 15.3. The van der Waals surface area contributed by atoms with Crippen LogP contribution in [0.15, 0.2) is 6.07 Å². The van der Waals surface area contributed by atoms with Gasteiger partial charge in [0.05, 0.1) is 0 Å². The minimum atomic E-state index is 0.607. The molecule has 18 heavy (non-hydrogen) atoms. The highest BCUT2D eigenvalue weighted by Crippen LogP contribution is 2.28. The third kappa shape index (κ3) is 3.32. The number of aromatic nitrogens is 2. The molecule has 0 spiro atoms. The first-order valence-electron chi connectivity index (χ1n) is 6.70. The predicted molar refractivity (Wildman–Crippen MR) is 74.9 cm³/mol. The lowest BCUT2D eigenvalue weighted by atomic mass is 9.85. The topological polar surface area (TPSA) is 67.1 Å². The van der Waals surface area contributed by atoms with Gasteiger partial charge in [0.1, 0.15) is 17.5 Å². The van der Waals surface area contributed by atoms with E-state index in [1.165, 1.54) is 19.3 Å². The zero-order valence-corrected chi connectivity index (χ0v) is 11.3. The van der Waals surface area contributed by atoms with Gasteiger partial charge in [0.15, 0.2) is 0 Å². The summed E-state index contributed by atoms with van der Waals surface area (Å²) >= 11 is 0. The zero-order valence-electron chi connectivity index (χ0n) is 11.3. The van der Waals surface area contributed by atoms with Crippen LogP contribution in [0.5, 0.6) is 0 Å². The summed E-state index contributed by atoms with van der Waals surface area (Å²) in [5, 5.41) is 3.21. The maximum absolute atomic E-state index is 5.49. The molecule has 100 valence electrons. The Morgan fingerprint density at radius 3 is 2.83 bits per heavy atom. The highest BCUT2D eigenvalue weighted by molar-refractivity contribution is 5.49. The van der Waals surface area contributed by atoms with Crippen LogP contribution in [0.4, 0.5) is 11.6 Å². The van der Waals surface area contributed by atoms with Crippen molar-refractivity contribution in [2.45, 2.75) is 26.2 Å². The monoisotopic (exact) mass is 249 g/mol. The van der Waals surface area contributed by atoms with Gasteiger partial charge < -0.3 is 16.0 Å². The number of hydrogen-bond donors (Lipinski definition) is 2. The van der Waals surface area contributed by atoms with Crippen molar-refractivity contribution in [2.24, 2.45) is 11.7 Å². The number of rotatable bonds is 6. The van der Waals surface area contributed by atoms with Crippen LogP contribution in [-0.2, 0) is 0 Å². The Kier molecular flexibility index (Phi) is 4.36. The van der Waals surface area contributed by atoms with E-state index in [0.717, 1.165) is 36.5 Å². The molecule has 2 rings (SSSR count). The minimum absolute atomic E-state index is 0.607. The van der Waals surface area contributed by atoms with Crippen LogP contribution in [0.1, 0.15) is 25.1 Å². The summed E-state index contributed by atoms with van der Waals surface area (Å²) in [6.07, 6.45) is 4.09. The van der Waals surface area contributed by atoms with E-state index in [1.54, 1.807) is 0 Å². The second kappa shape index (κ2) is 6.00. The molecule has 5 heteroatoms. The van der Waals surface area contributed by atoms with E-state index in [4.69, 9.17) is 5.73 Å². The molecule has 5 nitrogen and oxygen atoms in total. The van der Waals surface area contributed by atoms with Crippen molar-refractivity contribution >= 4 is 11.6 Å². The molecule has 1 aromatic heterocycles. The SMILES string of the molecule is Cc1nc(NCCN)cc(N(C)CC2CCC2)n1. The van der Waals surface area contributed by atoms with Gasteiger partial charge in [-0.25, -0.2) is 9.97 Å². The van der Waals surface area contributed by atoms with E-state index in [2.05, 4.69) is 27.2 Å². The molecule has 0 radical (unpaired) electrons. The van der Waals surface area contributed by atoms with Gasteiger partial charge >= 0.3 is 0 Å². The molecule has 0 saturated heterocycles. The molecule has 0 bridgehead atoms. The van der Waals surface area contributed by atoms with Crippen molar-refractivity contribution in [1.82, 2.24) is 9.97 Å². The van der Waals surface area contributed by atoms with Crippen molar-refractivity contribution in [2.75, 3.05) is 36.9 Å². The summed E-state index contributed by atoms with van der Waals surface area (Å²) in [5.74, 6) is 3.50. The number of anilines is 2. The Labute approximate surface area is 109 Å². The van der Waals surface area contributed by atoms with Crippen LogP contribution in [0, 0.1) is 12.8 Å². The van der Waals surface area contributed by atoms with Crippen LogP contribution < -0.4 is 16.0 Å². The van der Waals surface area contributed by atoms with Crippen LogP contribution in [0.2, 0.25) is 0 Å². The van der Waals surface area contributed by atoms with Gasteiger partial charge in [0, 0.05) is 32.7 Å². The molecule has 1 aliphatic carbocycles. The third-order valence-corrected chi connectivity index (χ3v) is 3.42. The van der Waals surface area contributed by atoms with Crippen LogP contribution in [-0.4, -0.2) is 36.6 Å². The van der Waals surface area contributed by atoms with Crippen molar-refractivity contribution in [3.63, 3.8) is 0 Å². The molecule has 0 aromatic carbocycles. The maximum Gasteiger partial charge on any atom is 0.134 e. The predicted octanol–water partition coefficient (Wildman–Crippen LogP) is 1.39. The summed E-state index contributed by atoms with van der Waals surface area (Å²) in [4.78, 5) is 11.1. The summed E-state index contributed by atoms with van der Waals surface area (Å²) in [6, 6.07) is 2.00. The Balaban J connectivity index is 2.03. The first kappa shape index (κ1) is 13.1. The summed E-state index contributed by atoms with van der Waals surface area (Å²) in [6.45, 7) is 4.36. The van der Waals surface area contributed by atoms with E-state index in [-0.39, 0.29) is 0 Å². The first-order chi connectivity index (χ1) is 8.69. The largest absolute Gasteiger partial charge is 0.369 e. The lowest BCUT2D eigenvalue weighted by Crippen LogP contribution is -2.30. The highest BCUT2D eigenvalue weighted by Gasteiger charge is 2.20. The van der Waals surface area contributed by atoms with Gasteiger partial charge in [-0.15, -0.1) is 0 Å². The van der Waals surface area contributed by atoms with E-state index in [1.807, 2.05) is 13.0 Å². The number of aryl methyl sites for hydroxylation is 1. The Morgan fingerprint density at radius 2 is 2.22 bits per heavy atom. The zero-order chi connectivity index (χ0) is 13.0. The molecule has 1 fully saturated rings. The van der Waals surface area contributed by atoms with Gasteiger partial charge in [-0.2, -0.15) is 0 Å². The van der Waals surface area contributed by atoms with Crippen molar-refractivity contribution in [3.05, 3.63) is 11.9 Å². The van der Waals surface area contributed by atoms with Crippen molar-refractivity contribution in [1.29, 1.82) is 0 Å². The summed E-state index contributed by atoms with van der Waals surface area (Å²) < 4.78 is 0. The lowest BCUT2D eigenvalue weighted by Gasteiger charge is -2.30. The molecule has 1 aromatic rings. The number of nitrogens with one attached hydrogen (secondary N) is 1. The van der Waals surface area contributed by atoms with Crippen molar-refractivity contribution < 1.29 is 0 Å². The quantitative estimate of drug-likeness (QED) is 0.797. The van der Waals surface area contributed by atoms with Crippen LogP contribution in [0.3, 0.4) is 0 Å². The Hall–Kier alpha value is -1.36. The van der Waals surface area contributed by atoms with Gasteiger partial charge in [-0.3, -0.25) is 0 Å². The van der Waals surface area contributed by atoms with Gasteiger partial charge in [0.2, 0.25) is 0 Å². The summed E-state index contributed by atoms with van der Waals surface area (Å²) in [7, 11) is 2.10. The smallest absolute Gasteiger partial charge is 0.134 e. The molecular weight excluding hydrogens is 226 g/mol. The first-order valence-corrected chi connectivity index (χ1v) is 6.70. The average Bonchev–Trinajstić information content (AvgIpc) is 2.30. The van der Waals surface area contributed by atoms with E-state index in [9.17, 15) is 0 Å². The molecular formula is C13H23N5. The van der Waals surface area contributed by atoms with Gasteiger partial charge in [-0.1, -0.05) is 6.42 Å². The third-order valence-electron chi connectivity index (χ3n) is 3.42. The molecule has 1 heterocycles. The number of nitrogens with two attached hydrogens (primary N) is 1. The second-order valence-corrected chi connectivity index (χ2v) is 5.05. The molecule has 1 aliphatic rings. The standard InChI is InChI=1S/C13H23N5/c1-10-16-12(15-7-6-14)8-13(17-10)18(2)9-11-4-3-5-11/h8,11H,3-7,9,14H2,1-2H3,(H,15,16,17). The lowest BCUT2D eigenvalue weighted by molar-refractivity contribution is 0.321. The average molecular weight is 249 g/mol. The highest BCUT2D eigenvalue weighted by atomic mass is 15.2. The molecule has 0 unspecified atom stereocenters. The van der Waals surface area contributed by atoms with Gasteiger partial charge in [0.25, 0.3) is 0 Å². The maximum atomic E-state index is 5.49. The fraction of sp³-hybridized carbons (Fsp3) is 0.692. The van der Waals surface area contributed by atoms with E-state index >= 15 is 0 Å². The molecule has 0 atom stereocenters. The fourth-order valence-electron chi connectivity index (χ4n) is 2.19. The molecule has 0 amide bonds. The Morgan fingerprint density at radius 1 is 1.44 bits per heavy atom.